The Bertz CT molecular complexity index is 720. The van der Waals surface area contributed by atoms with Gasteiger partial charge in [0.1, 0.15) is 5.75 Å². The minimum absolute atomic E-state index is 0.179. The van der Waals surface area contributed by atoms with Gasteiger partial charge in [0.05, 0.1) is 9.95 Å². The van der Waals surface area contributed by atoms with E-state index in [0.717, 1.165) is 18.2 Å². The number of ether oxygens (including phenoxy) is 1. The number of halogens is 1. The van der Waals surface area contributed by atoms with Crippen molar-refractivity contribution in [2.75, 3.05) is 11.9 Å². The van der Waals surface area contributed by atoms with E-state index in [1.54, 1.807) is 24.3 Å². The Morgan fingerprint density at radius 3 is 2.68 bits per heavy atom. The average molecular weight is 322 g/mol. The summed E-state index contributed by atoms with van der Waals surface area (Å²) in [5.41, 5.74) is -0.469. The maximum Gasteiger partial charge on any atom is 0.271 e. The van der Waals surface area contributed by atoms with Crippen LogP contribution in [-0.4, -0.2) is 17.4 Å². The van der Waals surface area contributed by atoms with Crippen molar-refractivity contribution in [3.63, 3.8) is 0 Å². The zero-order valence-corrected chi connectivity index (χ0v) is 11.9. The van der Waals surface area contributed by atoms with E-state index < -0.39 is 16.6 Å². The normalized spacial score (nSPS) is 10.0. The molecule has 114 valence electrons. The van der Waals surface area contributed by atoms with Crippen molar-refractivity contribution in [3.05, 3.63) is 57.6 Å². The van der Waals surface area contributed by atoms with Crippen molar-refractivity contribution >= 4 is 28.9 Å². The first-order chi connectivity index (χ1) is 10.5. The summed E-state index contributed by atoms with van der Waals surface area (Å²) in [5.74, 6) is -0.838. The Morgan fingerprint density at radius 1 is 1.27 bits per heavy atom. The second-order valence-electron chi connectivity index (χ2n) is 4.20. The third-order valence-electron chi connectivity index (χ3n) is 2.64. The van der Waals surface area contributed by atoms with E-state index >= 15 is 0 Å². The van der Waals surface area contributed by atoms with Gasteiger partial charge in [0.25, 0.3) is 11.6 Å². The summed E-state index contributed by atoms with van der Waals surface area (Å²) in [4.78, 5) is 21.7. The first-order valence-electron chi connectivity index (χ1n) is 6.10. The van der Waals surface area contributed by atoms with Gasteiger partial charge in [0.2, 0.25) is 0 Å². The smallest absolute Gasteiger partial charge is 0.271 e. The van der Waals surface area contributed by atoms with Crippen LogP contribution in [0.25, 0.3) is 0 Å². The van der Waals surface area contributed by atoms with Crippen molar-refractivity contribution in [3.8, 4) is 11.5 Å². The molecule has 2 rings (SSSR count). The van der Waals surface area contributed by atoms with E-state index in [2.05, 4.69) is 5.32 Å². The maximum atomic E-state index is 11.7. The fourth-order valence-corrected chi connectivity index (χ4v) is 1.81. The molecule has 0 bridgehead atoms. The van der Waals surface area contributed by atoms with Crippen LogP contribution in [0.1, 0.15) is 0 Å². The lowest BCUT2D eigenvalue weighted by atomic mass is 10.2. The average Bonchev–Trinajstić information content (AvgIpc) is 2.48. The van der Waals surface area contributed by atoms with Crippen LogP contribution >= 0.6 is 11.6 Å². The molecule has 0 aliphatic heterocycles. The quantitative estimate of drug-likeness (QED) is 0.672. The summed E-state index contributed by atoms with van der Waals surface area (Å²) in [7, 11) is 0. The highest BCUT2D eigenvalue weighted by Gasteiger charge is 2.10. The molecule has 0 aliphatic rings. The highest BCUT2D eigenvalue weighted by molar-refractivity contribution is 6.32. The van der Waals surface area contributed by atoms with Crippen LogP contribution in [0.15, 0.2) is 42.5 Å². The van der Waals surface area contributed by atoms with E-state index in [1.807, 2.05) is 0 Å². The first kappa shape index (κ1) is 15.6. The Balaban J connectivity index is 2.02. The number of rotatable bonds is 5. The van der Waals surface area contributed by atoms with Gasteiger partial charge in [0.15, 0.2) is 6.61 Å². The van der Waals surface area contributed by atoms with E-state index in [1.165, 1.54) is 0 Å². The van der Waals surface area contributed by atoms with Gasteiger partial charge in [0, 0.05) is 17.8 Å². The highest BCUT2D eigenvalue weighted by Crippen LogP contribution is 2.26. The predicted octanol–water partition coefficient (Wildman–Crippen LogP) is 2.34. The second-order valence-corrected chi connectivity index (χ2v) is 4.61. The van der Waals surface area contributed by atoms with Gasteiger partial charge in [-0.1, -0.05) is 35.5 Å². The maximum absolute atomic E-state index is 11.7. The summed E-state index contributed by atoms with van der Waals surface area (Å²) in [6.07, 6.45) is 0. The van der Waals surface area contributed by atoms with Crippen LogP contribution in [0.2, 0.25) is 5.02 Å². The number of hydrogen-bond donors (Lipinski definition) is 1. The van der Waals surface area contributed by atoms with Gasteiger partial charge < -0.3 is 15.2 Å². The number of carbonyl (C=O) groups is 1. The van der Waals surface area contributed by atoms with E-state index in [9.17, 15) is 20.0 Å². The Labute approximate surface area is 130 Å². The molecule has 1 N–H and O–H groups in total. The third kappa shape index (κ3) is 3.86. The molecule has 8 heteroatoms. The lowest BCUT2D eigenvalue weighted by Crippen LogP contribution is -2.21. The van der Waals surface area contributed by atoms with E-state index in [4.69, 9.17) is 16.3 Å². The molecule has 0 aromatic heterocycles. The van der Waals surface area contributed by atoms with Gasteiger partial charge in [-0.15, -0.1) is 0 Å². The molecule has 7 nitrogen and oxygen atoms in total. The topological polar surface area (TPSA) is 105 Å². The standard InChI is InChI=1S/C14H11ClN2O5/c15-10-3-1-2-4-13(10)22-8-14(19)16-11-7-9(17(20)21)5-6-12(11)18/h1-7,18H,8H2,(H,16,19)/p-1. The predicted molar refractivity (Wildman–Crippen MR) is 78.1 cm³/mol. The van der Waals surface area contributed by atoms with Gasteiger partial charge >= 0.3 is 0 Å². The molecule has 0 aliphatic carbocycles. The molecule has 22 heavy (non-hydrogen) atoms. The number of carbonyl (C=O) groups excluding carboxylic acids is 1. The lowest BCUT2D eigenvalue weighted by Gasteiger charge is -2.14. The minimum atomic E-state index is -0.657. The molecule has 2 aromatic rings. The number of amides is 1. The zero-order valence-electron chi connectivity index (χ0n) is 11.1. The van der Waals surface area contributed by atoms with Gasteiger partial charge in [-0.3, -0.25) is 14.9 Å². The summed E-state index contributed by atoms with van der Waals surface area (Å²) in [5, 5.41) is 24.8. The van der Waals surface area contributed by atoms with Crippen molar-refractivity contribution in [2.45, 2.75) is 0 Å². The van der Waals surface area contributed by atoms with Gasteiger partial charge in [-0.2, -0.15) is 0 Å². The summed E-state index contributed by atoms with van der Waals surface area (Å²) in [6, 6.07) is 9.67. The monoisotopic (exact) mass is 321 g/mol. The van der Waals surface area contributed by atoms with Crippen molar-refractivity contribution < 1.29 is 19.6 Å². The number of nitro benzene ring substituents is 1. The molecule has 0 atom stereocenters. The molecule has 0 radical (unpaired) electrons. The molecule has 0 unspecified atom stereocenters. The number of hydrogen-bond acceptors (Lipinski definition) is 5. The van der Waals surface area contributed by atoms with Crippen molar-refractivity contribution in [1.29, 1.82) is 0 Å². The molecule has 0 spiro atoms. The fraction of sp³-hybridized carbons (Fsp3) is 0.0714. The molecule has 0 fully saturated rings. The SMILES string of the molecule is O=C(COc1ccccc1Cl)Nc1cc([N+](=O)[O-])ccc1[O-]. The molecule has 0 saturated carbocycles. The van der Waals surface area contributed by atoms with Crippen LogP contribution in [0.5, 0.6) is 11.5 Å². The van der Waals surface area contributed by atoms with Crippen LogP contribution in [0.3, 0.4) is 0 Å². The van der Waals surface area contributed by atoms with Crippen LogP contribution in [0.4, 0.5) is 11.4 Å². The Morgan fingerprint density at radius 2 is 2.00 bits per heavy atom. The molecule has 1 amide bonds. The number of anilines is 1. The number of para-hydroxylation sites is 1. The van der Waals surface area contributed by atoms with Gasteiger partial charge in [-0.05, 0) is 12.1 Å². The number of non-ortho nitro benzene ring substituents is 1. The molecule has 2 aromatic carbocycles. The molecule has 0 saturated heterocycles. The van der Waals surface area contributed by atoms with Crippen LogP contribution in [-0.2, 0) is 4.79 Å². The second kappa shape index (κ2) is 6.77. The van der Waals surface area contributed by atoms with Crippen LogP contribution in [0, 0.1) is 10.1 Å². The van der Waals surface area contributed by atoms with E-state index in [0.29, 0.717) is 10.8 Å². The lowest BCUT2D eigenvalue weighted by molar-refractivity contribution is -0.385. The fourth-order valence-electron chi connectivity index (χ4n) is 1.62. The number of nitro groups is 1. The third-order valence-corrected chi connectivity index (χ3v) is 2.96. The minimum Gasteiger partial charge on any atom is -0.871 e. The summed E-state index contributed by atoms with van der Waals surface area (Å²) >= 11 is 5.87. The number of nitrogens with one attached hydrogen (secondary N) is 1. The van der Waals surface area contributed by atoms with Crippen LogP contribution < -0.4 is 15.2 Å². The molecular formula is C14H10ClN2O5-. The van der Waals surface area contributed by atoms with Crippen molar-refractivity contribution in [2.24, 2.45) is 0 Å². The summed E-state index contributed by atoms with van der Waals surface area (Å²) < 4.78 is 5.21. The Kier molecular flexibility index (Phi) is 4.80. The summed E-state index contributed by atoms with van der Waals surface area (Å²) in [6.45, 7) is -0.383. The largest absolute Gasteiger partial charge is 0.871 e. The molecular weight excluding hydrogens is 312 g/mol. The Hall–Kier alpha value is -2.80. The molecule has 0 heterocycles. The number of benzene rings is 2. The highest BCUT2D eigenvalue weighted by atomic mass is 35.5. The first-order valence-corrected chi connectivity index (χ1v) is 6.48. The van der Waals surface area contributed by atoms with Crippen molar-refractivity contribution in [1.82, 2.24) is 0 Å². The van der Waals surface area contributed by atoms with Gasteiger partial charge in [-0.25, -0.2) is 0 Å². The number of nitrogens with zero attached hydrogens (tertiary/aromatic N) is 1. The zero-order chi connectivity index (χ0) is 16.1. The van der Waals surface area contributed by atoms with E-state index in [-0.39, 0.29) is 18.0 Å².